The number of hydrogen-bond donors (Lipinski definition) is 1. The Morgan fingerprint density at radius 3 is 2.47 bits per heavy atom. The summed E-state index contributed by atoms with van der Waals surface area (Å²) >= 11 is 0. The van der Waals surface area contributed by atoms with E-state index < -0.39 is 0 Å². The van der Waals surface area contributed by atoms with Crippen molar-refractivity contribution in [1.29, 1.82) is 0 Å². The minimum atomic E-state index is 0.322. The monoisotopic (exact) mass is 238 g/mol. The molecule has 1 aromatic heterocycles. The van der Waals surface area contributed by atoms with Gasteiger partial charge in [-0.1, -0.05) is 31.8 Å². The highest BCUT2D eigenvalue weighted by Gasteiger charge is 2.18. The zero-order chi connectivity index (χ0) is 12.8. The molecular formula is C14H26N2O. The quantitative estimate of drug-likeness (QED) is 0.782. The topological polar surface area (TPSA) is 38.1 Å². The van der Waals surface area contributed by atoms with Gasteiger partial charge < -0.3 is 9.84 Å². The molecular weight excluding hydrogens is 212 g/mol. The highest BCUT2D eigenvalue weighted by Crippen LogP contribution is 2.22. The fourth-order valence-corrected chi connectivity index (χ4v) is 2.40. The number of nitrogens with one attached hydrogen (secondary N) is 1. The Morgan fingerprint density at radius 2 is 2.00 bits per heavy atom. The van der Waals surface area contributed by atoms with Gasteiger partial charge in [-0.05, 0) is 33.6 Å². The Hall–Kier alpha value is -0.830. The first-order valence-electron chi connectivity index (χ1n) is 6.78. The zero-order valence-corrected chi connectivity index (χ0v) is 11.8. The van der Waals surface area contributed by atoms with Crippen LogP contribution >= 0.6 is 0 Å². The van der Waals surface area contributed by atoms with Crippen molar-refractivity contribution in [3.05, 3.63) is 17.0 Å². The second kappa shape index (κ2) is 6.80. The van der Waals surface area contributed by atoms with Crippen LogP contribution in [0.1, 0.15) is 69.5 Å². The predicted molar refractivity (Wildman–Crippen MR) is 71.1 cm³/mol. The van der Waals surface area contributed by atoms with E-state index >= 15 is 0 Å². The number of aromatic nitrogens is 1. The van der Waals surface area contributed by atoms with Gasteiger partial charge in [-0.2, -0.15) is 0 Å². The molecule has 2 unspecified atom stereocenters. The van der Waals surface area contributed by atoms with Crippen LogP contribution in [0.5, 0.6) is 0 Å². The van der Waals surface area contributed by atoms with Crippen LogP contribution in [-0.2, 0) is 0 Å². The molecule has 3 heteroatoms. The number of aryl methyl sites for hydroxylation is 2. The Kier molecular flexibility index (Phi) is 5.69. The van der Waals surface area contributed by atoms with Crippen molar-refractivity contribution in [1.82, 2.24) is 10.5 Å². The molecule has 0 radical (unpaired) electrons. The predicted octanol–water partition coefficient (Wildman–Crippen LogP) is 3.91. The van der Waals surface area contributed by atoms with Crippen LogP contribution in [-0.4, -0.2) is 11.2 Å². The summed E-state index contributed by atoms with van der Waals surface area (Å²) in [6.45, 7) is 10.7. The molecule has 2 atom stereocenters. The molecule has 0 aromatic carbocycles. The summed E-state index contributed by atoms with van der Waals surface area (Å²) in [7, 11) is 0. The molecule has 98 valence electrons. The van der Waals surface area contributed by atoms with Crippen molar-refractivity contribution in [3.8, 4) is 0 Å². The van der Waals surface area contributed by atoms with E-state index in [1.807, 2.05) is 13.8 Å². The molecule has 0 saturated carbocycles. The lowest BCUT2D eigenvalue weighted by molar-refractivity contribution is 0.384. The van der Waals surface area contributed by atoms with Gasteiger partial charge in [0.15, 0.2) is 0 Å². The average molecular weight is 238 g/mol. The standard InChI is InChI=1S/C14H26N2O/c1-6-8-9-13(7-2)15-10(3)14-11(4)16-17-12(14)5/h10,13,15H,6-9H2,1-5H3. The highest BCUT2D eigenvalue weighted by atomic mass is 16.5. The third kappa shape index (κ3) is 3.84. The first-order valence-corrected chi connectivity index (χ1v) is 6.78. The summed E-state index contributed by atoms with van der Waals surface area (Å²) in [5, 5.41) is 7.70. The summed E-state index contributed by atoms with van der Waals surface area (Å²) in [6, 6.07) is 0.918. The van der Waals surface area contributed by atoms with Gasteiger partial charge in [0.25, 0.3) is 0 Å². The molecule has 0 aliphatic heterocycles. The minimum absolute atomic E-state index is 0.322. The normalized spacial score (nSPS) is 14.9. The molecule has 0 spiro atoms. The van der Waals surface area contributed by atoms with Crippen LogP contribution in [0.15, 0.2) is 4.52 Å². The van der Waals surface area contributed by atoms with E-state index in [-0.39, 0.29) is 0 Å². The lowest BCUT2D eigenvalue weighted by Gasteiger charge is -2.22. The minimum Gasteiger partial charge on any atom is -0.361 e. The molecule has 1 aromatic rings. The molecule has 0 bridgehead atoms. The summed E-state index contributed by atoms with van der Waals surface area (Å²) in [5.74, 6) is 0.938. The van der Waals surface area contributed by atoms with Crippen molar-refractivity contribution in [2.45, 2.75) is 72.4 Å². The van der Waals surface area contributed by atoms with Gasteiger partial charge in [0.05, 0.1) is 5.69 Å². The molecule has 1 rings (SSSR count). The summed E-state index contributed by atoms with van der Waals surface area (Å²) in [4.78, 5) is 0. The first-order chi connectivity index (χ1) is 8.10. The van der Waals surface area contributed by atoms with Crippen LogP contribution in [0, 0.1) is 13.8 Å². The molecule has 0 aliphatic carbocycles. The van der Waals surface area contributed by atoms with Crippen LogP contribution in [0.2, 0.25) is 0 Å². The van der Waals surface area contributed by atoms with E-state index in [4.69, 9.17) is 4.52 Å². The molecule has 1 heterocycles. The van der Waals surface area contributed by atoms with Gasteiger partial charge in [0, 0.05) is 17.6 Å². The van der Waals surface area contributed by atoms with Gasteiger partial charge in [-0.3, -0.25) is 0 Å². The molecule has 0 amide bonds. The second-order valence-corrected chi connectivity index (χ2v) is 4.87. The number of rotatable bonds is 7. The third-order valence-electron chi connectivity index (χ3n) is 3.41. The van der Waals surface area contributed by atoms with Crippen molar-refractivity contribution < 1.29 is 4.52 Å². The number of unbranched alkanes of at least 4 members (excludes halogenated alkanes) is 1. The Balaban J connectivity index is 2.61. The van der Waals surface area contributed by atoms with E-state index in [9.17, 15) is 0 Å². The molecule has 1 N–H and O–H groups in total. The van der Waals surface area contributed by atoms with E-state index in [2.05, 4.69) is 31.2 Å². The van der Waals surface area contributed by atoms with Gasteiger partial charge in [-0.25, -0.2) is 0 Å². The van der Waals surface area contributed by atoms with Gasteiger partial charge in [0.2, 0.25) is 0 Å². The van der Waals surface area contributed by atoms with Gasteiger partial charge in [0.1, 0.15) is 5.76 Å². The average Bonchev–Trinajstić information content (AvgIpc) is 2.64. The fourth-order valence-electron chi connectivity index (χ4n) is 2.40. The van der Waals surface area contributed by atoms with Crippen LogP contribution in [0.25, 0.3) is 0 Å². The Labute approximate surface area is 105 Å². The van der Waals surface area contributed by atoms with Crippen molar-refractivity contribution in [2.24, 2.45) is 0 Å². The maximum atomic E-state index is 5.22. The molecule has 0 fully saturated rings. The van der Waals surface area contributed by atoms with Crippen molar-refractivity contribution in [3.63, 3.8) is 0 Å². The largest absolute Gasteiger partial charge is 0.361 e. The third-order valence-corrected chi connectivity index (χ3v) is 3.41. The molecule has 0 aliphatic rings. The lowest BCUT2D eigenvalue weighted by Crippen LogP contribution is -2.31. The number of hydrogen-bond acceptors (Lipinski definition) is 3. The van der Waals surface area contributed by atoms with E-state index in [0.717, 1.165) is 11.5 Å². The lowest BCUT2D eigenvalue weighted by atomic mass is 10.0. The highest BCUT2D eigenvalue weighted by molar-refractivity contribution is 5.24. The van der Waals surface area contributed by atoms with Crippen LogP contribution < -0.4 is 5.32 Å². The Morgan fingerprint density at radius 1 is 1.29 bits per heavy atom. The molecule has 0 saturated heterocycles. The number of nitrogens with zero attached hydrogens (tertiary/aromatic N) is 1. The van der Waals surface area contributed by atoms with Crippen LogP contribution in [0.3, 0.4) is 0 Å². The van der Waals surface area contributed by atoms with Gasteiger partial charge >= 0.3 is 0 Å². The van der Waals surface area contributed by atoms with E-state index in [0.29, 0.717) is 12.1 Å². The second-order valence-electron chi connectivity index (χ2n) is 4.87. The smallest absolute Gasteiger partial charge is 0.138 e. The van der Waals surface area contributed by atoms with E-state index in [1.54, 1.807) is 0 Å². The van der Waals surface area contributed by atoms with E-state index in [1.165, 1.54) is 31.2 Å². The SMILES string of the molecule is CCCCC(CC)NC(C)c1c(C)noc1C. The van der Waals surface area contributed by atoms with Crippen molar-refractivity contribution >= 4 is 0 Å². The van der Waals surface area contributed by atoms with Gasteiger partial charge in [-0.15, -0.1) is 0 Å². The summed E-state index contributed by atoms with van der Waals surface area (Å²) in [6.07, 6.45) is 4.98. The Bertz CT molecular complexity index is 313. The zero-order valence-electron chi connectivity index (χ0n) is 11.8. The first kappa shape index (κ1) is 14.2. The van der Waals surface area contributed by atoms with Crippen LogP contribution in [0.4, 0.5) is 0 Å². The molecule has 3 nitrogen and oxygen atoms in total. The molecule has 17 heavy (non-hydrogen) atoms. The maximum Gasteiger partial charge on any atom is 0.138 e. The summed E-state index contributed by atoms with van der Waals surface area (Å²) in [5.41, 5.74) is 2.23. The fraction of sp³-hybridized carbons (Fsp3) is 0.786. The van der Waals surface area contributed by atoms with Crippen molar-refractivity contribution in [2.75, 3.05) is 0 Å². The summed E-state index contributed by atoms with van der Waals surface area (Å²) < 4.78 is 5.22. The maximum absolute atomic E-state index is 5.22.